The van der Waals surface area contributed by atoms with Crippen LogP contribution in [0.2, 0.25) is 0 Å². The molecular weight excluding hydrogens is 316 g/mol. The summed E-state index contributed by atoms with van der Waals surface area (Å²) in [6, 6.07) is 13.2. The monoisotopic (exact) mass is 336 g/mol. The lowest BCUT2D eigenvalue weighted by atomic mass is 10.00. The summed E-state index contributed by atoms with van der Waals surface area (Å²) < 4.78 is 6.90. The molecule has 3 rings (SSSR count). The van der Waals surface area contributed by atoms with Crippen molar-refractivity contribution in [1.29, 1.82) is 0 Å². The van der Waals surface area contributed by atoms with Crippen LogP contribution in [0, 0.1) is 0 Å². The molecule has 1 atom stereocenters. The van der Waals surface area contributed by atoms with E-state index in [0.29, 0.717) is 6.54 Å². The van der Waals surface area contributed by atoms with Crippen LogP contribution >= 0.6 is 0 Å². The van der Waals surface area contributed by atoms with Gasteiger partial charge in [0, 0.05) is 25.1 Å². The quantitative estimate of drug-likeness (QED) is 0.751. The number of aromatic nitrogens is 3. The molecule has 2 heterocycles. The van der Waals surface area contributed by atoms with E-state index in [4.69, 9.17) is 4.74 Å². The van der Waals surface area contributed by atoms with Gasteiger partial charge in [-0.15, -0.1) is 0 Å². The van der Waals surface area contributed by atoms with Crippen molar-refractivity contribution in [2.24, 2.45) is 0 Å². The van der Waals surface area contributed by atoms with Gasteiger partial charge in [-0.1, -0.05) is 12.1 Å². The van der Waals surface area contributed by atoms with Gasteiger partial charge in [0.25, 0.3) is 0 Å². The first kappa shape index (κ1) is 16.7. The largest absolute Gasteiger partial charge is 0.497 e. The molecule has 0 radical (unpaired) electrons. The number of hydrogen-bond acceptors (Lipinski definition) is 4. The Kier molecular flexibility index (Phi) is 5.09. The number of nitrogens with one attached hydrogen (secondary N) is 1. The first-order valence-electron chi connectivity index (χ1n) is 8.04. The second-order valence-corrected chi connectivity index (χ2v) is 5.69. The highest BCUT2D eigenvalue weighted by molar-refractivity contribution is 5.83. The molecule has 1 aromatic carbocycles. The van der Waals surface area contributed by atoms with E-state index in [1.807, 2.05) is 55.6 Å². The Morgan fingerprint density at radius 3 is 2.88 bits per heavy atom. The summed E-state index contributed by atoms with van der Waals surface area (Å²) in [5.74, 6) is 1.17. The number of hydrogen-bond donors (Lipinski definition) is 1. The van der Waals surface area contributed by atoms with Crippen molar-refractivity contribution in [3.63, 3.8) is 0 Å². The normalized spacial score (nSPS) is 11.8. The fraction of sp³-hybridized carbons (Fsp3) is 0.211. The van der Waals surface area contributed by atoms with E-state index in [-0.39, 0.29) is 11.8 Å². The molecule has 0 bridgehead atoms. The minimum Gasteiger partial charge on any atom is -0.497 e. The fourth-order valence-corrected chi connectivity index (χ4v) is 2.50. The van der Waals surface area contributed by atoms with Crippen molar-refractivity contribution in [1.82, 2.24) is 20.1 Å². The molecule has 0 saturated heterocycles. The van der Waals surface area contributed by atoms with Gasteiger partial charge in [0.05, 0.1) is 13.0 Å². The third-order valence-electron chi connectivity index (χ3n) is 4.00. The number of rotatable bonds is 6. The van der Waals surface area contributed by atoms with Crippen LogP contribution in [0.4, 0.5) is 0 Å². The van der Waals surface area contributed by atoms with Crippen LogP contribution in [0.5, 0.6) is 5.75 Å². The molecule has 0 fully saturated rings. The lowest BCUT2D eigenvalue weighted by molar-refractivity contribution is -0.122. The highest BCUT2D eigenvalue weighted by atomic mass is 16.5. The van der Waals surface area contributed by atoms with Crippen LogP contribution in [0.3, 0.4) is 0 Å². The predicted octanol–water partition coefficient (Wildman–Crippen LogP) is 2.70. The summed E-state index contributed by atoms with van der Waals surface area (Å²) in [7, 11) is 1.62. The number of pyridine rings is 1. The summed E-state index contributed by atoms with van der Waals surface area (Å²) in [6.07, 6.45) is 5.24. The van der Waals surface area contributed by atoms with Gasteiger partial charge < -0.3 is 10.1 Å². The Balaban J connectivity index is 1.65. The Labute approximate surface area is 146 Å². The second kappa shape index (κ2) is 7.61. The zero-order valence-electron chi connectivity index (χ0n) is 14.2. The van der Waals surface area contributed by atoms with Gasteiger partial charge in [0.15, 0.2) is 5.82 Å². The standard InChI is InChI=1S/C19H20N4O2/c1-14(16-5-3-6-17(12-16)25-2)19(24)21-13-15-7-9-20-18(11-15)23-10-4-8-22-23/h3-12,14H,13H2,1-2H3,(H,21,24). The van der Waals surface area contributed by atoms with E-state index in [1.165, 1.54) is 0 Å². The third-order valence-corrected chi connectivity index (χ3v) is 4.00. The number of amides is 1. The van der Waals surface area contributed by atoms with Crippen molar-refractivity contribution < 1.29 is 9.53 Å². The summed E-state index contributed by atoms with van der Waals surface area (Å²) in [5, 5.41) is 7.13. The lowest BCUT2D eigenvalue weighted by Crippen LogP contribution is -2.27. The third kappa shape index (κ3) is 4.03. The van der Waals surface area contributed by atoms with Crippen LogP contribution in [0.15, 0.2) is 61.1 Å². The first-order chi connectivity index (χ1) is 12.2. The van der Waals surface area contributed by atoms with Crippen molar-refractivity contribution >= 4 is 5.91 Å². The van der Waals surface area contributed by atoms with E-state index in [0.717, 1.165) is 22.7 Å². The highest BCUT2D eigenvalue weighted by Gasteiger charge is 2.15. The molecule has 0 aliphatic carbocycles. The Morgan fingerprint density at radius 2 is 2.12 bits per heavy atom. The average molecular weight is 336 g/mol. The van der Waals surface area contributed by atoms with Crippen molar-refractivity contribution in [3.05, 3.63) is 72.2 Å². The van der Waals surface area contributed by atoms with E-state index in [1.54, 1.807) is 24.2 Å². The van der Waals surface area contributed by atoms with Gasteiger partial charge in [-0.25, -0.2) is 9.67 Å². The predicted molar refractivity (Wildman–Crippen MR) is 94.6 cm³/mol. The van der Waals surface area contributed by atoms with Crippen molar-refractivity contribution in [2.45, 2.75) is 19.4 Å². The minimum atomic E-state index is -0.262. The molecule has 128 valence electrons. The first-order valence-corrected chi connectivity index (χ1v) is 8.04. The smallest absolute Gasteiger partial charge is 0.227 e. The maximum atomic E-state index is 12.4. The highest BCUT2D eigenvalue weighted by Crippen LogP contribution is 2.20. The molecule has 0 aliphatic rings. The topological polar surface area (TPSA) is 69.0 Å². The lowest BCUT2D eigenvalue weighted by Gasteiger charge is -2.14. The van der Waals surface area contributed by atoms with Crippen molar-refractivity contribution in [3.8, 4) is 11.6 Å². The van der Waals surface area contributed by atoms with Gasteiger partial charge >= 0.3 is 0 Å². The van der Waals surface area contributed by atoms with Gasteiger partial charge in [0.1, 0.15) is 5.75 Å². The van der Waals surface area contributed by atoms with Crippen LogP contribution < -0.4 is 10.1 Å². The molecule has 25 heavy (non-hydrogen) atoms. The molecule has 0 saturated carbocycles. The van der Waals surface area contributed by atoms with E-state index in [9.17, 15) is 4.79 Å². The van der Waals surface area contributed by atoms with Gasteiger partial charge in [-0.2, -0.15) is 5.10 Å². The molecule has 3 aromatic rings. The van der Waals surface area contributed by atoms with Gasteiger partial charge in [-0.3, -0.25) is 4.79 Å². The van der Waals surface area contributed by atoms with Gasteiger partial charge in [-0.05, 0) is 48.4 Å². The summed E-state index contributed by atoms with van der Waals surface area (Å²) >= 11 is 0. The van der Waals surface area contributed by atoms with Crippen LogP contribution in [-0.2, 0) is 11.3 Å². The SMILES string of the molecule is COc1cccc(C(C)C(=O)NCc2ccnc(-n3cccn3)c2)c1. The number of carbonyl (C=O) groups is 1. The Bertz CT molecular complexity index is 846. The van der Waals surface area contributed by atoms with E-state index < -0.39 is 0 Å². The number of carbonyl (C=O) groups excluding carboxylic acids is 1. The molecule has 1 amide bonds. The van der Waals surface area contributed by atoms with E-state index in [2.05, 4.69) is 15.4 Å². The number of ether oxygens (including phenoxy) is 1. The van der Waals surface area contributed by atoms with Crippen LogP contribution in [-0.4, -0.2) is 27.8 Å². The van der Waals surface area contributed by atoms with E-state index >= 15 is 0 Å². The second-order valence-electron chi connectivity index (χ2n) is 5.69. The molecule has 6 heteroatoms. The Morgan fingerprint density at radius 1 is 1.24 bits per heavy atom. The molecule has 1 N–H and O–H groups in total. The Hall–Kier alpha value is -3.15. The molecule has 6 nitrogen and oxygen atoms in total. The summed E-state index contributed by atoms with van der Waals surface area (Å²) in [6.45, 7) is 2.32. The molecule has 1 unspecified atom stereocenters. The number of benzene rings is 1. The molecule has 2 aromatic heterocycles. The van der Waals surface area contributed by atoms with Crippen molar-refractivity contribution in [2.75, 3.05) is 7.11 Å². The summed E-state index contributed by atoms with van der Waals surface area (Å²) in [5.41, 5.74) is 1.88. The zero-order valence-corrected chi connectivity index (χ0v) is 14.2. The summed E-state index contributed by atoms with van der Waals surface area (Å²) in [4.78, 5) is 16.7. The zero-order chi connectivity index (χ0) is 17.6. The maximum absolute atomic E-state index is 12.4. The molecular formula is C19H20N4O2. The number of nitrogens with zero attached hydrogens (tertiary/aromatic N) is 3. The number of methoxy groups -OCH3 is 1. The van der Waals surface area contributed by atoms with Crippen LogP contribution in [0.25, 0.3) is 5.82 Å². The van der Waals surface area contributed by atoms with Crippen LogP contribution in [0.1, 0.15) is 24.0 Å². The fourth-order valence-electron chi connectivity index (χ4n) is 2.50. The average Bonchev–Trinajstić information content (AvgIpc) is 3.20. The molecule has 0 aliphatic heterocycles. The van der Waals surface area contributed by atoms with Gasteiger partial charge in [0.2, 0.25) is 5.91 Å². The minimum absolute atomic E-state index is 0.0364. The molecule has 0 spiro atoms. The maximum Gasteiger partial charge on any atom is 0.227 e.